The van der Waals surface area contributed by atoms with Gasteiger partial charge in [-0.1, -0.05) is 30.7 Å². The third-order valence-electron chi connectivity index (χ3n) is 2.97. The van der Waals surface area contributed by atoms with Gasteiger partial charge in [0.2, 0.25) is 0 Å². The summed E-state index contributed by atoms with van der Waals surface area (Å²) >= 11 is 5.83. The molecule has 0 bridgehead atoms. The summed E-state index contributed by atoms with van der Waals surface area (Å²) in [6.07, 6.45) is 0.735. The van der Waals surface area contributed by atoms with Crippen LogP contribution in [0.2, 0.25) is 5.02 Å². The standard InChI is InChI=1S/C16H19ClN2O3S/c1-2-11-18-23(20,21)19-15-7-9-16(10-8-15)22-12-13-3-5-14(17)6-4-13/h3-10,18-19H,2,11-12H2,1H3. The van der Waals surface area contributed by atoms with Crippen molar-refractivity contribution in [2.75, 3.05) is 11.3 Å². The summed E-state index contributed by atoms with van der Waals surface area (Å²) in [4.78, 5) is 0. The summed E-state index contributed by atoms with van der Waals surface area (Å²) in [6.45, 7) is 2.72. The van der Waals surface area contributed by atoms with Crippen LogP contribution in [0.25, 0.3) is 0 Å². The minimum atomic E-state index is -3.52. The highest BCUT2D eigenvalue weighted by Gasteiger charge is 2.08. The zero-order chi connectivity index (χ0) is 16.7. The van der Waals surface area contributed by atoms with E-state index in [4.69, 9.17) is 16.3 Å². The quantitative estimate of drug-likeness (QED) is 0.761. The third kappa shape index (κ3) is 6.09. The largest absolute Gasteiger partial charge is 0.489 e. The van der Waals surface area contributed by atoms with E-state index in [9.17, 15) is 8.42 Å². The molecule has 0 aliphatic rings. The van der Waals surface area contributed by atoms with Crippen molar-refractivity contribution in [3.63, 3.8) is 0 Å². The van der Waals surface area contributed by atoms with Gasteiger partial charge in [0.25, 0.3) is 10.2 Å². The molecule has 2 rings (SSSR count). The van der Waals surface area contributed by atoms with Gasteiger partial charge in [0.05, 0.1) is 0 Å². The minimum absolute atomic E-state index is 0.400. The maximum atomic E-state index is 11.7. The maximum absolute atomic E-state index is 11.7. The van der Waals surface area contributed by atoms with Gasteiger partial charge in [-0.05, 0) is 48.4 Å². The first-order chi connectivity index (χ1) is 11.0. The number of benzene rings is 2. The zero-order valence-corrected chi connectivity index (χ0v) is 14.3. The van der Waals surface area contributed by atoms with Crippen LogP contribution in [0, 0.1) is 0 Å². The first-order valence-corrected chi connectivity index (χ1v) is 9.09. The Bertz CT molecular complexity index is 716. The number of hydrogen-bond acceptors (Lipinski definition) is 3. The van der Waals surface area contributed by atoms with E-state index >= 15 is 0 Å². The van der Waals surface area contributed by atoms with Crippen LogP contribution >= 0.6 is 11.6 Å². The van der Waals surface area contributed by atoms with Crippen molar-refractivity contribution in [3.05, 3.63) is 59.1 Å². The molecule has 0 fully saturated rings. The Kier molecular flexibility index (Phi) is 6.27. The predicted octanol–water partition coefficient (Wildman–Crippen LogP) is 3.58. The Balaban J connectivity index is 1.90. The molecule has 2 aromatic carbocycles. The van der Waals surface area contributed by atoms with Gasteiger partial charge in [0.15, 0.2) is 0 Å². The average Bonchev–Trinajstić information content (AvgIpc) is 2.53. The van der Waals surface area contributed by atoms with E-state index in [0.29, 0.717) is 29.6 Å². The summed E-state index contributed by atoms with van der Waals surface area (Å²) in [6, 6.07) is 14.1. The molecule has 2 aromatic rings. The van der Waals surface area contributed by atoms with Crippen molar-refractivity contribution >= 4 is 27.5 Å². The number of hydrogen-bond donors (Lipinski definition) is 2. The average molecular weight is 355 g/mol. The van der Waals surface area contributed by atoms with Gasteiger partial charge in [0.1, 0.15) is 12.4 Å². The monoisotopic (exact) mass is 354 g/mol. The van der Waals surface area contributed by atoms with Crippen LogP contribution in [0.3, 0.4) is 0 Å². The molecule has 0 aliphatic heterocycles. The number of halogens is 1. The highest BCUT2D eigenvalue weighted by Crippen LogP contribution is 2.18. The SMILES string of the molecule is CCCNS(=O)(=O)Nc1ccc(OCc2ccc(Cl)cc2)cc1. The molecule has 0 radical (unpaired) electrons. The molecule has 0 saturated carbocycles. The molecule has 5 nitrogen and oxygen atoms in total. The topological polar surface area (TPSA) is 67.4 Å². The Labute approximate surface area is 141 Å². The highest BCUT2D eigenvalue weighted by molar-refractivity contribution is 7.90. The van der Waals surface area contributed by atoms with E-state index in [2.05, 4.69) is 9.44 Å². The molecular weight excluding hydrogens is 336 g/mol. The fraction of sp³-hybridized carbons (Fsp3) is 0.250. The zero-order valence-electron chi connectivity index (χ0n) is 12.8. The predicted molar refractivity (Wildman–Crippen MR) is 93.1 cm³/mol. The van der Waals surface area contributed by atoms with Crippen molar-refractivity contribution in [2.24, 2.45) is 0 Å². The molecule has 0 unspecified atom stereocenters. The van der Waals surface area contributed by atoms with Crippen LogP contribution in [0.4, 0.5) is 5.69 Å². The molecule has 124 valence electrons. The molecule has 23 heavy (non-hydrogen) atoms. The highest BCUT2D eigenvalue weighted by atomic mass is 35.5. The first-order valence-electron chi connectivity index (χ1n) is 7.23. The van der Waals surface area contributed by atoms with Gasteiger partial charge in [-0.15, -0.1) is 0 Å². The lowest BCUT2D eigenvalue weighted by atomic mass is 10.2. The van der Waals surface area contributed by atoms with Gasteiger partial charge in [-0.2, -0.15) is 13.1 Å². The fourth-order valence-corrected chi connectivity index (χ4v) is 2.91. The van der Waals surface area contributed by atoms with E-state index < -0.39 is 10.2 Å². The summed E-state index contributed by atoms with van der Waals surface area (Å²) in [5, 5.41) is 0.682. The van der Waals surface area contributed by atoms with Crippen molar-refractivity contribution in [1.82, 2.24) is 4.72 Å². The van der Waals surface area contributed by atoms with E-state index in [1.807, 2.05) is 19.1 Å². The van der Waals surface area contributed by atoms with E-state index in [1.165, 1.54) is 0 Å². The van der Waals surface area contributed by atoms with E-state index in [0.717, 1.165) is 12.0 Å². The summed E-state index contributed by atoms with van der Waals surface area (Å²) in [5.74, 6) is 0.657. The van der Waals surface area contributed by atoms with Gasteiger partial charge in [-0.25, -0.2) is 0 Å². The van der Waals surface area contributed by atoms with Crippen molar-refractivity contribution in [1.29, 1.82) is 0 Å². The Morgan fingerprint density at radius 1 is 1.04 bits per heavy atom. The second kappa shape index (κ2) is 8.19. The molecule has 2 N–H and O–H groups in total. The van der Waals surface area contributed by atoms with E-state index in [-0.39, 0.29) is 0 Å². The molecule has 0 saturated heterocycles. The molecule has 0 spiro atoms. The molecule has 7 heteroatoms. The van der Waals surface area contributed by atoms with Gasteiger partial charge in [0, 0.05) is 17.3 Å². The number of nitrogens with one attached hydrogen (secondary N) is 2. The Hall–Kier alpha value is -1.76. The second-order valence-electron chi connectivity index (χ2n) is 4.94. The Morgan fingerprint density at radius 2 is 1.70 bits per heavy atom. The molecule has 0 atom stereocenters. The van der Waals surface area contributed by atoms with Crippen molar-refractivity contribution < 1.29 is 13.2 Å². The maximum Gasteiger partial charge on any atom is 0.299 e. The second-order valence-corrected chi connectivity index (χ2v) is 6.88. The van der Waals surface area contributed by atoms with Crippen molar-refractivity contribution in [2.45, 2.75) is 20.0 Å². The van der Waals surface area contributed by atoms with Crippen LogP contribution in [-0.2, 0) is 16.8 Å². The third-order valence-corrected chi connectivity index (χ3v) is 4.31. The van der Waals surface area contributed by atoms with Crippen LogP contribution in [0.15, 0.2) is 48.5 Å². The number of rotatable bonds is 8. The van der Waals surface area contributed by atoms with Crippen LogP contribution < -0.4 is 14.2 Å². The lowest BCUT2D eigenvalue weighted by molar-refractivity contribution is 0.306. The smallest absolute Gasteiger partial charge is 0.299 e. The lowest BCUT2D eigenvalue weighted by Crippen LogP contribution is -2.30. The van der Waals surface area contributed by atoms with E-state index in [1.54, 1.807) is 36.4 Å². The number of anilines is 1. The molecule has 0 aliphatic carbocycles. The summed E-state index contributed by atoms with van der Waals surface area (Å²) in [5.41, 5.74) is 1.48. The summed E-state index contributed by atoms with van der Waals surface area (Å²) in [7, 11) is -3.52. The lowest BCUT2D eigenvalue weighted by Gasteiger charge is -2.10. The fourth-order valence-electron chi connectivity index (χ4n) is 1.79. The first kappa shape index (κ1) is 17.6. The van der Waals surface area contributed by atoms with Gasteiger partial charge < -0.3 is 4.74 Å². The molecular formula is C16H19ClN2O3S. The van der Waals surface area contributed by atoms with Gasteiger partial charge in [-0.3, -0.25) is 4.72 Å². The molecule has 0 amide bonds. The van der Waals surface area contributed by atoms with Crippen LogP contribution in [0.1, 0.15) is 18.9 Å². The molecule has 0 aromatic heterocycles. The van der Waals surface area contributed by atoms with Gasteiger partial charge >= 0.3 is 0 Å². The van der Waals surface area contributed by atoms with Crippen LogP contribution in [0.5, 0.6) is 5.75 Å². The van der Waals surface area contributed by atoms with Crippen molar-refractivity contribution in [3.8, 4) is 5.75 Å². The van der Waals surface area contributed by atoms with Crippen LogP contribution in [-0.4, -0.2) is 15.0 Å². The Morgan fingerprint density at radius 3 is 2.30 bits per heavy atom. The number of ether oxygens (including phenoxy) is 1. The molecule has 0 heterocycles. The minimum Gasteiger partial charge on any atom is -0.489 e. The normalized spacial score (nSPS) is 11.2. The summed E-state index contributed by atoms with van der Waals surface area (Å²) < 4.78 is 34.0.